The number of rotatable bonds is 4. The molecule has 1 aliphatic rings. The highest BCUT2D eigenvalue weighted by molar-refractivity contribution is 5.26. The van der Waals surface area contributed by atoms with Crippen LogP contribution in [-0.2, 0) is 0 Å². The summed E-state index contributed by atoms with van der Waals surface area (Å²) in [4.78, 5) is 4.61. The second-order valence-electron chi connectivity index (χ2n) is 5.21. The monoisotopic (exact) mass is 232 g/mol. The van der Waals surface area contributed by atoms with E-state index in [2.05, 4.69) is 43.2 Å². The Morgan fingerprint density at radius 1 is 1.29 bits per heavy atom. The molecule has 1 atom stereocenters. The van der Waals surface area contributed by atoms with Gasteiger partial charge < -0.3 is 5.32 Å². The van der Waals surface area contributed by atoms with Crippen LogP contribution in [0.5, 0.6) is 0 Å². The fourth-order valence-corrected chi connectivity index (χ4v) is 3.07. The normalized spacial score (nSPS) is 18.5. The highest BCUT2D eigenvalue weighted by atomic mass is 14.9. The van der Waals surface area contributed by atoms with E-state index in [0.29, 0.717) is 6.04 Å². The molecule has 0 aromatic carbocycles. The maximum absolute atomic E-state index is 4.61. The van der Waals surface area contributed by atoms with Gasteiger partial charge in [0, 0.05) is 17.4 Å². The summed E-state index contributed by atoms with van der Waals surface area (Å²) in [5, 5.41) is 3.66. The van der Waals surface area contributed by atoms with Crippen LogP contribution >= 0.6 is 0 Å². The highest BCUT2D eigenvalue weighted by Gasteiger charge is 2.26. The number of hydrogen-bond donors (Lipinski definition) is 1. The molecule has 0 radical (unpaired) electrons. The van der Waals surface area contributed by atoms with Crippen molar-refractivity contribution in [2.45, 2.75) is 52.5 Å². The van der Waals surface area contributed by atoms with Crippen molar-refractivity contribution >= 4 is 0 Å². The van der Waals surface area contributed by atoms with Crippen LogP contribution in [0, 0.1) is 19.8 Å². The summed E-state index contributed by atoms with van der Waals surface area (Å²) in [6.45, 7) is 7.43. The SMILES string of the molecule is CCNC(c1ccc(C)nc1C)C1CCCC1. The summed E-state index contributed by atoms with van der Waals surface area (Å²) in [5.41, 5.74) is 3.72. The zero-order valence-corrected chi connectivity index (χ0v) is 11.3. The van der Waals surface area contributed by atoms with Crippen LogP contribution in [0.4, 0.5) is 0 Å². The predicted molar refractivity (Wildman–Crippen MR) is 72.1 cm³/mol. The van der Waals surface area contributed by atoms with Crippen LogP contribution in [0.25, 0.3) is 0 Å². The lowest BCUT2D eigenvalue weighted by Crippen LogP contribution is -2.27. The molecule has 1 saturated carbocycles. The number of aromatic nitrogens is 1. The fourth-order valence-electron chi connectivity index (χ4n) is 3.07. The Morgan fingerprint density at radius 3 is 2.59 bits per heavy atom. The van der Waals surface area contributed by atoms with E-state index in [0.717, 1.165) is 18.2 Å². The summed E-state index contributed by atoms with van der Waals surface area (Å²) in [6, 6.07) is 4.92. The van der Waals surface area contributed by atoms with Crippen LogP contribution in [-0.4, -0.2) is 11.5 Å². The first-order valence-corrected chi connectivity index (χ1v) is 6.90. The summed E-state index contributed by atoms with van der Waals surface area (Å²) in [6.07, 6.45) is 5.52. The number of pyridine rings is 1. The van der Waals surface area contributed by atoms with Gasteiger partial charge in [-0.3, -0.25) is 4.98 Å². The first kappa shape index (κ1) is 12.6. The molecule has 0 aliphatic heterocycles. The maximum Gasteiger partial charge on any atom is 0.0423 e. The van der Waals surface area contributed by atoms with Gasteiger partial charge in [-0.25, -0.2) is 0 Å². The van der Waals surface area contributed by atoms with Crippen molar-refractivity contribution in [1.29, 1.82) is 0 Å². The average Bonchev–Trinajstić information content (AvgIpc) is 2.80. The Balaban J connectivity index is 2.24. The van der Waals surface area contributed by atoms with Gasteiger partial charge in [-0.15, -0.1) is 0 Å². The topological polar surface area (TPSA) is 24.9 Å². The first-order chi connectivity index (χ1) is 8.22. The van der Waals surface area contributed by atoms with Gasteiger partial charge in [-0.05, 0) is 50.8 Å². The molecule has 1 aromatic heterocycles. The number of nitrogens with one attached hydrogen (secondary N) is 1. The van der Waals surface area contributed by atoms with E-state index in [9.17, 15) is 0 Å². The number of aryl methyl sites for hydroxylation is 2. The molecule has 1 unspecified atom stereocenters. The summed E-state index contributed by atoms with van der Waals surface area (Å²) in [5.74, 6) is 0.804. The van der Waals surface area contributed by atoms with Crippen LogP contribution in [0.1, 0.15) is 55.6 Å². The van der Waals surface area contributed by atoms with Gasteiger partial charge in [0.25, 0.3) is 0 Å². The van der Waals surface area contributed by atoms with Gasteiger partial charge in [0.2, 0.25) is 0 Å². The van der Waals surface area contributed by atoms with Crippen LogP contribution in [0.3, 0.4) is 0 Å². The van der Waals surface area contributed by atoms with Crippen molar-refractivity contribution in [3.63, 3.8) is 0 Å². The minimum atomic E-state index is 0.510. The molecule has 1 fully saturated rings. The zero-order chi connectivity index (χ0) is 12.3. The molecule has 0 saturated heterocycles. The first-order valence-electron chi connectivity index (χ1n) is 6.90. The van der Waals surface area contributed by atoms with Gasteiger partial charge in [-0.1, -0.05) is 25.8 Å². The molecule has 1 N–H and O–H groups in total. The number of hydrogen-bond acceptors (Lipinski definition) is 2. The third-order valence-electron chi connectivity index (χ3n) is 3.90. The lowest BCUT2D eigenvalue weighted by molar-refractivity contribution is 0.372. The quantitative estimate of drug-likeness (QED) is 0.859. The lowest BCUT2D eigenvalue weighted by atomic mass is 9.90. The molecule has 0 bridgehead atoms. The van der Waals surface area contributed by atoms with Gasteiger partial charge in [-0.2, -0.15) is 0 Å². The molecule has 94 valence electrons. The molecule has 2 nitrogen and oxygen atoms in total. The van der Waals surface area contributed by atoms with E-state index in [1.54, 1.807) is 0 Å². The molecular weight excluding hydrogens is 208 g/mol. The summed E-state index contributed by atoms with van der Waals surface area (Å²) >= 11 is 0. The van der Waals surface area contributed by atoms with E-state index >= 15 is 0 Å². The Hall–Kier alpha value is -0.890. The van der Waals surface area contributed by atoms with E-state index < -0.39 is 0 Å². The molecule has 17 heavy (non-hydrogen) atoms. The predicted octanol–water partition coefficient (Wildman–Crippen LogP) is 3.54. The maximum atomic E-state index is 4.61. The molecule has 1 aromatic rings. The minimum absolute atomic E-state index is 0.510. The second kappa shape index (κ2) is 5.63. The molecule has 2 rings (SSSR count). The molecular formula is C15H24N2. The highest BCUT2D eigenvalue weighted by Crippen LogP contribution is 2.36. The minimum Gasteiger partial charge on any atom is -0.310 e. The van der Waals surface area contributed by atoms with Crippen molar-refractivity contribution in [2.24, 2.45) is 5.92 Å². The zero-order valence-electron chi connectivity index (χ0n) is 11.3. The van der Waals surface area contributed by atoms with Crippen LogP contribution < -0.4 is 5.32 Å². The molecule has 1 heterocycles. The van der Waals surface area contributed by atoms with E-state index in [4.69, 9.17) is 0 Å². The summed E-state index contributed by atoms with van der Waals surface area (Å²) in [7, 11) is 0. The van der Waals surface area contributed by atoms with E-state index in [-0.39, 0.29) is 0 Å². The van der Waals surface area contributed by atoms with Crippen molar-refractivity contribution in [3.8, 4) is 0 Å². The molecule has 0 spiro atoms. The summed E-state index contributed by atoms with van der Waals surface area (Å²) < 4.78 is 0. The van der Waals surface area contributed by atoms with Crippen LogP contribution in [0.2, 0.25) is 0 Å². The Morgan fingerprint density at radius 2 is 2.00 bits per heavy atom. The Bertz CT molecular complexity index is 367. The van der Waals surface area contributed by atoms with E-state index in [1.807, 2.05) is 0 Å². The fraction of sp³-hybridized carbons (Fsp3) is 0.667. The molecule has 1 aliphatic carbocycles. The van der Waals surface area contributed by atoms with Crippen LogP contribution in [0.15, 0.2) is 12.1 Å². The Kier molecular flexibility index (Phi) is 4.16. The van der Waals surface area contributed by atoms with Crippen molar-refractivity contribution in [3.05, 3.63) is 29.1 Å². The van der Waals surface area contributed by atoms with Crippen molar-refractivity contribution < 1.29 is 0 Å². The van der Waals surface area contributed by atoms with Gasteiger partial charge in [0.05, 0.1) is 0 Å². The largest absolute Gasteiger partial charge is 0.310 e. The van der Waals surface area contributed by atoms with Gasteiger partial charge in [0.1, 0.15) is 0 Å². The third kappa shape index (κ3) is 2.86. The molecule has 0 amide bonds. The second-order valence-corrected chi connectivity index (χ2v) is 5.21. The number of nitrogens with zero attached hydrogens (tertiary/aromatic N) is 1. The third-order valence-corrected chi connectivity index (χ3v) is 3.90. The smallest absolute Gasteiger partial charge is 0.0423 e. The Labute approximate surface area is 105 Å². The van der Waals surface area contributed by atoms with Crippen molar-refractivity contribution in [1.82, 2.24) is 10.3 Å². The lowest BCUT2D eigenvalue weighted by Gasteiger charge is -2.26. The van der Waals surface area contributed by atoms with Gasteiger partial charge >= 0.3 is 0 Å². The molecule has 2 heteroatoms. The standard InChI is InChI=1S/C15H24N2/c1-4-16-15(13-7-5-6-8-13)14-10-9-11(2)17-12(14)3/h9-10,13,15-16H,4-8H2,1-3H3. The van der Waals surface area contributed by atoms with Crippen molar-refractivity contribution in [2.75, 3.05) is 6.54 Å². The van der Waals surface area contributed by atoms with Gasteiger partial charge in [0.15, 0.2) is 0 Å². The average molecular weight is 232 g/mol. The van der Waals surface area contributed by atoms with E-state index in [1.165, 1.54) is 36.9 Å².